The van der Waals surface area contributed by atoms with Gasteiger partial charge in [0.15, 0.2) is 0 Å². The minimum absolute atomic E-state index is 0.297. The molecule has 1 aliphatic heterocycles. The minimum atomic E-state index is -0.680. The van der Waals surface area contributed by atoms with Gasteiger partial charge in [-0.2, -0.15) is 5.10 Å². The summed E-state index contributed by atoms with van der Waals surface area (Å²) in [5, 5.41) is 13.3. The lowest BCUT2D eigenvalue weighted by Crippen LogP contribution is -2.22. The summed E-state index contributed by atoms with van der Waals surface area (Å²) in [6, 6.07) is 2.20. The van der Waals surface area contributed by atoms with E-state index in [2.05, 4.69) is 34.6 Å². The van der Waals surface area contributed by atoms with E-state index < -0.39 is 5.97 Å². The molecule has 1 atom stereocenters. The average Bonchev–Trinajstić information content (AvgIpc) is 3.03. The van der Waals surface area contributed by atoms with Gasteiger partial charge in [-0.25, -0.2) is 0 Å². The predicted molar refractivity (Wildman–Crippen MR) is 77.5 cm³/mol. The molecule has 0 aromatic carbocycles. The molecule has 1 aromatic heterocycles. The molecule has 0 amide bonds. The average molecular weight is 279 g/mol. The second-order valence-electron chi connectivity index (χ2n) is 5.62. The fourth-order valence-corrected chi connectivity index (χ4v) is 2.94. The number of nitrogens with zero attached hydrogens (tertiary/aromatic N) is 3. The van der Waals surface area contributed by atoms with Crippen molar-refractivity contribution in [1.29, 1.82) is 0 Å². The van der Waals surface area contributed by atoms with Crippen molar-refractivity contribution in [1.82, 2.24) is 14.7 Å². The zero-order valence-corrected chi connectivity index (χ0v) is 12.5. The highest BCUT2D eigenvalue weighted by Gasteiger charge is 2.23. The number of aryl methyl sites for hydroxylation is 2. The molecule has 0 radical (unpaired) electrons. The maximum atomic E-state index is 10.6. The van der Waals surface area contributed by atoms with Crippen molar-refractivity contribution in [2.75, 3.05) is 13.1 Å². The molecule has 0 spiro atoms. The van der Waals surface area contributed by atoms with Gasteiger partial charge in [0.2, 0.25) is 0 Å². The van der Waals surface area contributed by atoms with Crippen molar-refractivity contribution in [3.05, 3.63) is 17.5 Å². The van der Waals surface area contributed by atoms with Crippen LogP contribution in [-0.4, -0.2) is 38.8 Å². The molecule has 112 valence electrons. The van der Waals surface area contributed by atoms with E-state index in [1.165, 1.54) is 5.69 Å². The Morgan fingerprint density at radius 1 is 1.50 bits per heavy atom. The molecule has 5 heteroatoms. The van der Waals surface area contributed by atoms with E-state index in [9.17, 15) is 4.79 Å². The van der Waals surface area contributed by atoms with E-state index in [1.807, 2.05) is 0 Å². The third-order valence-electron chi connectivity index (χ3n) is 4.10. The summed E-state index contributed by atoms with van der Waals surface area (Å²) in [7, 11) is 0. The Morgan fingerprint density at radius 2 is 2.30 bits per heavy atom. The van der Waals surface area contributed by atoms with E-state index in [0.717, 1.165) is 51.1 Å². The fraction of sp³-hybridized carbons (Fsp3) is 0.733. The van der Waals surface area contributed by atoms with Gasteiger partial charge in [-0.3, -0.25) is 14.4 Å². The second kappa shape index (κ2) is 6.88. The van der Waals surface area contributed by atoms with E-state index >= 15 is 0 Å². The first kappa shape index (κ1) is 15.0. The second-order valence-corrected chi connectivity index (χ2v) is 5.62. The first-order valence-corrected chi connectivity index (χ1v) is 7.62. The molecule has 1 N–H and O–H groups in total. The number of aliphatic carboxylic acids is 1. The SMILES string of the molecule is CCc1cc(CN2CCC(CCC(=O)O)C2)n(CC)n1. The van der Waals surface area contributed by atoms with Crippen LogP contribution in [0, 0.1) is 5.92 Å². The van der Waals surface area contributed by atoms with Crippen LogP contribution >= 0.6 is 0 Å². The maximum Gasteiger partial charge on any atom is 0.303 e. The molecule has 1 saturated heterocycles. The molecule has 20 heavy (non-hydrogen) atoms. The Balaban J connectivity index is 1.88. The molecule has 1 aromatic rings. The molecule has 1 fully saturated rings. The quantitative estimate of drug-likeness (QED) is 0.831. The Kier molecular flexibility index (Phi) is 5.17. The lowest BCUT2D eigenvalue weighted by Gasteiger charge is -2.16. The number of hydrogen-bond acceptors (Lipinski definition) is 3. The normalized spacial score (nSPS) is 19.6. The molecule has 1 unspecified atom stereocenters. The van der Waals surface area contributed by atoms with Crippen LogP contribution in [-0.2, 0) is 24.3 Å². The highest BCUT2D eigenvalue weighted by Crippen LogP contribution is 2.23. The zero-order valence-electron chi connectivity index (χ0n) is 12.5. The van der Waals surface area contributed by atoms with Crippen LogP contribution in [0.5, 0.6) is 0 Å². The molecule has 0 bridgehead atoms. The maximum absolute atomic E-state index is 10.6. The van der Waals surface area contributed by atoms with Crippen molar-refractivity contribution >= 4 is 5.97 Å². The predicted octanol–water partition coefficient (Wildman–Crippen LogP) is 2.15. The van der Waals surface area contributed by atoms with Gasteiger partial charge in [0.25, 0.3) is 0 Å². The van der Waals surface area contributed by atoms with Gasteiger partial charge in [0, 0.05) is 26.1 Å². The molecule has 0 aliphatic carbocycles. The lowest BCUT2D eigenvalue weighted by atomic mass is 10.0. The van der Waals surface area contributed by atoms with Crippen LogP contribution in [0.15, 0.2) is 6.07 Å². The van der Waals surface area contributed by atoms with Gasteiger partial charge < -0.3 is 5.11 Å². The van der Waals surface area contributed by atoms with Crippen molar-refractivity contribution in [3.63, 3.8) is 0 Å². The third kappa shape index (κ3) is 3.82. The number of carboxylic acids is 1. The minimum Gasteiger partial charge on any atom is -0.481 e. The van der Waals surface area contributed by atoms with Gasteiger partial charge in [0.05, 0.1) is 11.4 Å². The van der Waals surface area contributed by atoms with Gasteiger partial charge >= 0.3 is 5.97 Å². The van der Waals surface area contributed by atoms with Crippen molar-refractivity contribution < 1.29 is 9.90 Å². The van der Waals surface area contributed by atoms with Crippen LogP contribution in [0.25, 0.3) is 0 Å². The highest BCUT2D eigenvalue weighted by atomic mass is 16.4. The molecular weight excluding hydrogens is 254 g/mol. The molecular formula is C15H25N3O2. The van der Waals surface area contributed by atoms with Gasteiger partial charge in [-0.15, -0.1) is 0 Å². The van der Waals surface area contributed by atoms with E-state index in [4.69, 9.17) is 5.11 Å². The molecule has 2 rings (SSSR count). The number of carbonyl (C=O) groups is 1. The third-order valence-corrected chi connectivity index (χ3v) is 4.10. The summed E-state index contributed by atoms with van der Waals surface area (Å²) >= 11 is 0. The van der Waals surface area contributed by atoms with Crippen LogP contribution < -0.4 is 0 Å². The van der Waals surface area contributed by atoms with Crippen LogP contribution in [0.3, 0.4) is 0 Å². The molecule has 5 nitrogen and oxygen atoms in total. The number of rotatable bonds is 7. The Morgan fingerprint density at radius 3 is 2.95 bits per heavy atom. The van der Waals surface area contributed by atoms with Crippen LogP contribution in [0.2, 0.25) is 0 Å². The summed E-state index contributed by atoms with van der Waals surface area (Å²) < 4.78 is 2.09. The largest absolute Gasteiger partial charge is 0.481 e. The lowest BCUT2D eigenvalue weighted by molar-refractivity contribution is -0.137. The highest BCUT2D eigenvalue weighted by molar-refractivity contribution is 5.66. The Bertz CT molecular complexity index is 456. The van der Waals surface area contributed by atoms with Gasteiger partial charge in [-0.1, -0.05) is 6.92 Å². The molecule has 1 aliphatic rings. The summed E-state index contributed by atoms with van der Waals surface area (Å²) in [5.41, 5.74) is 2.44. The van der Waals surface area contributed by atoms with Crippen molar-refractivity contribution in [2.45, 2.75) is 52.6 Å². The summed E-state index contributed by atoms with van der Waals surface area (Å²) in [5.74, 6) is -0.144. The summed E-state index contributed by atoms with van der Waals surface area (Å²) in [6.07, 6.45) is 3.19. The monoisotopic (exact) mass is 279 g/mol. The zero-order chi connectivity index (χ0) is 14.5. The smallest absolute Gasteiger partial charge is 0.303 e. The van der Waals surface area contributed by atoms with E-state index in [0.29, 0.717) is 12.3 Å². The number of carboxylic acid groups (broad SMARTS) is 1. The van der Waals surface area contributed by atoms with E-state index in [-0.39, 0.29) is 0 Å². The topological polar surface area (TPSA) is 58.4 Å². The van der Waals surface area contributed by atoms with Crippen molar-refractivity contribution in [2.24, 2.45) is 5.92 Å². The van der Waals surface area contributed by atoms with Gasteiger partial charge in [0.1, 0.15) is 0 Å². The van der Waals surface area contributed by atoms with Crippen LogP contribution in [0.1, 0.15) is 44.5 Å². The Labute approximate surface area is 120 Å². The Hall–Kier alpha value is -1.36. The van der Waals surface area contributed by atoms with Crippen LogP contribution in [0.4, 0.5) is 0 Å². The number of hydrogen-bond donors (Lipinski definition) is 1. The fourth-order valence-electron chi connectivity index (χ4n) is 2.94. The first-order chi connectivity index (χ1) is 9.62. The first-order valence-electron chi connectivity index (χ1n) is 7.62. The molecule has 0 saturated carbocycles. The standard InChI is InChI=1S/C15H25N3O2/c1-3-13-9-14(18(4-2)16-13)11-17-8-7-12(10-17)5-6-15(19)20/h9,12H,3-8,10-11H2,1-2H3,(H,19,20). The van der Waals surface area contributed by atoms with Gasteiger partial charge in [-0.05, 0) is 44.7 Å². The van der Waals surface area contributed by atoms with Crippen molar-refractivity contribution in [3.8, 4) is 0 Å². The summed E-state index contributed by atoms with van der Waals surface area (Å²) in [6.45, 7) is 8.18. The van der Waals surface area contributed by atoms with E-state index in [1.54, 1.807) is 0 Å². The number of likely N-dealkylation sites (tertiary alicyclic amines) is 1. The number of aromatic nitrogens is 2. The molecule has 2 heterocycles. The summed E-state index contributed by atoms with van der Waals surface area (Å²) in [4.78, 5) is 13.0.